The number of guanidine groups is 1. The van der Waals surface area contributed by atoms with Crippen LogP contribution in [-0.4, -0.2) is 57.3 Å². The van der Waals surface area contributed by atoms with Gasteiger partial charge in [0.2, 0.25) is 0 Å². The summed E-state index contributed by atoms with van der Waals surface area (Å²) >= 11 is 1.90. The van der Waals surface area contributed by atoms with Crippen LogP contribution in [0.4, 0.5) is 0 Å². The number of nitrogens with one attached hydrogen (secondary N) is 1. The summed E-state index contributed by atoms with van der Waals surface area (Å²) < 4.78 is 2.02. The van der Waals surface area contributed by atoms with Crippen molar-refractivity contribution in [2.45, 2.75) is 59.4 Å². The van der Waals surface area contributed by atoms with Crippen LogP contribution >= 0.6 is 11.8 Å². The largest absolute Gasteiger partial charge is 0.356 e. The maximum atomic E-state index is 4.92. The molecule has 1 unspecified atom stereocenters. The summed E-state index contributed by atoms with van der Waals surface area (Å²) in [5.74, 6) is 4.06. The minimum absolute atomic E-state index is 0.399. The molecule has 1 fully saturated rings. The molecule has 1 saturated heterocycles. The Morgan fingerprint density at radius 3 is 2.85 bits per heavy atom. The zero-order chi connectivity index (χ0) is 19.0. The predicted molar refractivity (Wildman–Crippen MR) is 112 cm³/mol. The Hall–Kier alpha value is -1.24. The van der Waals surface area contributed by atoms with E-state index in [0.29, 0.717) is 12.0 Å². The molecule has 0 amide bonds. The van der Waals surface area contributed by atoms with Crippen molar-refractivity contribution >= 4 is 17.7 Å². The summed E-state index contributed by atoms with van der Waals surface area (Å²) in [5, 5.41) is 12.0. The highest BCUT2D eigenvalue weighted by Gasteiger charge is 2.31. The van der Waals surface area contributed by atoms with Gasteiger partial charge in [0, 0.05) is 26.7 Å². The van der Waals surface area contributed by atoms with Gasteiger partial charge in [-0.15, -0.1) is 10.2 Å². The van der Waals surface area contributed by atoms with Crippen molar-refractivity contribution in [1.82, 2.24) is 25.0 Å². The number of hydrogen-bond acceptors (Lipinski definition) is 4. The van der Waals surface area contributed by atoms with E-state index in [4.69, 9.17) is 4.99 Å². The molecule has 0 spiro atoms. The lowest BCUT2D eigenvalue weighted by Gasteiger charge is -2.42. The zero-order valence-corrected chi connectivity index (χ0v) is 18.0. The number of likely N-dealkylation sites (tertiary alicyclic amines) is 1. The molecule has 0 aliphatic carbocycles. The predicted octanol–water partition coefficient (Wildman–Crippen LogP) is 3.22. The normalized spacial score (nSPS) is 21.3. The number of rotatable bonds is 8. The Labute approximate surface area is 163 Å². The van der Waals surface area contributed by atoms with E-state index in [2.05, 4.69) is 40.5 Å². The number of piperidine rings is 1. The fourth-order valence-electron chi connectivity index (χ4n) is 3.72. The van der Waals surface area contributed by atoms with E-state index >= 15 is 0 Å². The monoisotopic (exact) mass is 380 g/mol. The summed E-state index contributed by atoms with van der Waals surface area (Å²) in [6, 6.07) is 0. The summed E-state index contributed by atoms with van der Waals surface area (Å²) in [6.07, 6.45) is 8.40. The maximum Gasteiger partial charge on any atom is 0.194 e. The van der Waals surface area contributed by atoms with Crippen LogP contribution in [0.1, 0.15) is 57.6 Å². The van der Waals surface area contributed by atoms with Crippen molar-refractivity contribution in [3.8, 4) is 0 Å². The molecule has 1 aromatic heterocycles. The summed E-state index contributed by atoms with van der Waals surface area (Å²) in [4.78, 5) is 7.38. The lowest BCUT2D eigenvalue weighted by Crippen LogP contribution is -2.50. The van der Waals surface area contributed by atoms with Crippen molar-refractivity contribution in [2.75, 3.05) is 31.6 Å². The van der Waals surface area contributed by atoms with Gasteiger partial charge in [0.25, 0.3) is 0 Å². The van der Waals surface area contributed by atoms with Crippen LogP contribution in [-0.2, 0) is 13.6 Å². The SMILES string of the molecule is CCCC1(C)CCCN(C(=NCc2nnc(C)n2C)NCCCSC)C1. The highest BCUT2D eigenvalue weighted by molar-refractivity contribution is 7.98. The quantitative estimate of drug-likeness (QED) is 0.426. The Kier molecular flexibility index (Phi) is 8.25. The number of nitrogens with zero attached hydrogens (tertiary/aromatic N) is 5. The first-order chi connectivity index (χ1) is 12.5. The molecule has 0 radical (unpaired) electrons. The van der Waals surface area contributed by atoms with Gasteiger partial charge < -0.3 is 14.8 Å². The molecular formula is C19H36N6S. The molecule has 1 aromatic rings. The van der Waals surface area contributed by atoms with Gasteiger partial charge in [-0.05, 0) is 50.0 Å². The van der Waals surface area contributed by atoms with Gasteiger partial charge in [0.05, 0.1) is 0 Å². The Balaban J connectivity index is 2.09. The minimum Gasteiger partial charge on any atom is -0.356 e. The Morgan fingerprint density at radius 1 is 1.38 bits per heavy atom. The Morgan fingerprint density at radius 2 is 2.19 bits per heavy atom. The first-order valence-electron chi connectivity index (χ1n) is 9.86. The van der Waals surface area contributed by atoms with Crippen molar-refractivity contribution in [3.05, 3.63) is 11.6 Å². The van der Waals surface area contributed by atoms with Crippen molar-refractivity contribution in [3.63, 3.8) is 0 Å². The molecule has 1 N–H and O–H groups in total. The highest BCUT2D eigenvalue weighted by Crippen LogP contribution is 2.33. The number of aliphatic imine (C=N–C) groups is 1. The topological polar surface area (TPSA) is 58.3 Å². The summed E-state index contributed by atoms with van der Waals surface area (Å²) in [5.41, 5.74) is 0.399. The third-order valence-corrected chi connectivity index (χ3v) is 5.99. The van der Waals surface area contributed by atoms with Crippen LogP contribution in [0, 0.1) is 12.3 Å². The van der Waals surface area contributed by atoms with Crippen molar-refractivity contribution in [2.24, 2.45) is 17.5 Å². The fourth-order valence-corrected chi connectivity index (χ4v) is 4.16. The van der Waals surface area contributed by atoms with E-state index < -0.39 is 0 Å². The molecule has 148 valence electrons. The smallest absolute Gasteiger partial charge is 0.194 e. The molecule has 1 atom stereocenters. The Bertz CT molecular complexity index is 581. The first kappa shape index (κ1) is 21.1. The second-order valence-corrected chi connectivity index (χ2v) is 8.71. The van der Waals surface area contributed by atoms with Crippen molar-refractivity contribution in [1.29, 1.82) is 0 Å². The summed E-state index contributed by atoms with van der Waals surface area (Å²) in [6.45, 7) is 10.4. The van der Waals surface area contributed by atoms with Crippen LogP contribution in [0.2, 0.25) is 0 Å². The number of aryl methyl sites for hydroxylation is 1. The average molecular weight is 381 g/mol. The second kappa shape index (κ2) is 10.2. The van der Waals surface area contributed by atoms with E-state index in [1.807, 2.05) is 30.3 Å². The van der Waals surface area contributed by atoms with Crippen LogP contribution in [0.3, 0.4) is 0 Å². The lowest BCUT2D eigenvalue weighted by atomic mass is 9.78. The lowest BCUT2D eigenvalue weighted by molar-refractivity contribution is 0.142. The van der Waals surface area contributed by atoms with Gasteiger partial charge >= 0.3 is 0 Å². The van der Waals surface area contributed by atoms with E-state index in [9.17, 15) is 0 Å². The molecule has 2 rings (SSSR count). The molecule has 26 heavy (non-hydrogen) atoms. The average Bonchev–Trinajstić information content (AvgIpc) is 2.93. The van der Waals surface area contributed by atoms with Gasteiger partial charge in [-0.1, -0.05) is 20.3 Å². The highest BCUT2D eigenvalue weighted by atomic mass is 32.2. The number of aromatic nitrogens is 3. The van der Waals surface area contributed by atoms with Crippen LogP contribution < -0.4 is 5.32 Å². The second-order valence-electron chi connectivity index (χ2n) is 7.72. The standard InChI is InChI=1S/C19H36N6S/c1-6-9-19(3)10-7-12-25(15-19)18(20-11-8-13-26-5)21-14-17-23-22-16(2)24(17)4/h6-15H2,1-5H3,(H,20,21). The molecule has 2 heterocycles. The van der Waals surface area contributed by atoms with Crippen LogP contribution in [0.15, 0.2) is 4.99 Å². The molecule has 0 aromatic carbocycles. The van der Waals surface area contributed by atoms with Crippen LogP contribution in [0.5, 0.6) is 0 Å². The molecule has 1 aliphatic rings. The van der Waals surface area contributed by atoms with E-state index in [1.54, 1.807) is 0 Å². The van der Waals surface area contributed by atoms with Gasteiger partial charge in [-0.3, -0.25) is 0 Å². The fraction of sp³-hybridized carbons (Fsp3) is 0.842. The molecule has 0 bridgehead atoms. The third-order valence-electron chi connectivity index (χ3n) is 5.30. The summed E-state index contributed by atoms with van der Waals surface area (Å²) in [7, 11) is 2.00. The van der Waals surface area contributed by atoms with E-state index in [0.717, 1.165) is 43.7 Å². The van der Waals surface area contributed by atoms with Gasteiger partial charge in [0.1, 0.15) is 12.4 Å². The molecule has 7 heteroatoms. The molecule has 0 saturated carbocycles. The van der Waals surface area contributed by atoms with Gasteiger partial charge in [-0.25, -0.2) is 4.99 Å². The first-order valence-corrected chi connectivity index (χ1v) is 11.3. The van der Waals surface area contributed by atoms with Crippen molar-refractivity contribution < 1.29 is 0 Å². The number of thioether (sulfide) groups is 1. The molecule has 6 nitrogen and oxygen atoms in total. The van der Waals surface area contributed by atoms with Gasteiger partial charge in [-0.2, -0.15) is 11.8 Å². The van der Waals surface area contributed by atoms with E-state index in [1.165, 1.54) is 31.4 Å². The van der Waals surface area contributed by atoms with Crippen LogP contribution in [0.25, 0.3) is 0 Å². The maximum absolute atomic E-state index is 4.92. The zero-order valence-electron chi connectivity index (χ0n) is 17.2. The minimum atomic E-state index is 0.399. The number of hydrogen-bond donors (Lipinski definition) is 1. The van der Waals surface area contributed by atoms with Gasteiger partial charge in [0.15, 0.2) is 11.8 Å². The molecule has 1 aliphatic heterocycles. The molecular weight excluding hydrogens is 344 g/mol. The van der Waals surface area contributed by atoms with E-state index in [-0.39, 0.29) is 0 Å². The third kappa shape index (κ3) is 5.89.